The van der Waals surface area contributed by atoms with Crippen molar-refractivity contribution in [3.05, 3.63) is 96.1 Å². The number of rotatable bonds is 7. The van der Waals surface area contributed by atoms with E-state index in [4.69, 9.17) is 15.8 Å². The molecule has 4 aromatic rings. The fourth-order valence-corrected chi connectivity index (χ4v) is 4.81. The second kappa shape index (κ2) is 8.99. The third-order valence-corrected chi connectivity index (χ3v) is 6.36. The highest BCUT2D eigenvalue weighted by Crippen LogP contribution is 2.34. The summed E-state index contributed by atoms with van der Waals surface area (Å²) in [6.07, 6.45) is 0. The molecular weight excluding hydrogens is 384 g/mol. The molecule has 0 fully saturated rings. The molecule has 0 radical (unpaired) electrons. The van der Waals surface area contributed by atoms with Crippen molar-refractivity contribution >= 4 is 27.3 Å². The molecule has 0 aliphatic heterocycles. The first-order valence-electron chi connectivity index (χ1n) is 8.96. The van der Waals surface area contributed by atoms with E-state index in [1.54, 1.807) is 21.6 Å². The summed E-state index contributed by atoms with van der Waals surface area (Å²) in [5.41, 5.74) is 10.0. The molecule has 6 heteroatoms. The van der Waals surface area contributed by atoms with E-state index in [0.29, 0.717) is 6.54 Å². The largest absolute Gasteiger partial charge is 0.399 e. The molecule has 0 saturated carbocycles. The fourth-order valence-electron chi connectivity index (χ4n) is 2.73. The van der Waals surface area contributed by atoms with Crippen LogP contribution in [0.4, 0.5) is 5.69 Å². The molecule has 1 heterocycles. The first-order chi connectivity index (χ1) is 13.8. The van der Waals surface area contributed by atoms with Gasteiger partial charge < -0.3 is 5.73 Å². The van der Waals surface area contributed by atoms with Crippen molar-refractivity contribution in [2.24, 2.45) is 0 Å². The van der Waals surface area contributed by atoms with E-state index in [0.717, 1.165) is 28.0 Å². The molecular formula is C22H20N4S2. The van der Waals surface area contributed by atoms with Crippen LogP contribution in [0.1, 0.15) is 11.1 Å². The highest BCUT2D eigenvalue weighted by atomic mass is 33.1. The fraction of sp³-hybridized carbons (Fsp3) is 0.0909. The van der Waals surface area contributed by atoms with Gasteiger partial charge in [-0.1, -0.05) is 71.5 Å². The number of benzene rings is 3. The average molecular weight is 405 g/mol. The highest BCUT2D eigenvalue weighted by Gasteiger charge is 2.13. The van der Waals surface area contributed by atoms with Gasteiger partial charge in [-0.3, -0.25) is 0 Å². The minimum absolute atomic E-state index is 0.692. The van der Waals surface area contributed by atoms with Crippen LogP contribution in [0.2, 0.25) is 0 Å². The van der Waals surface area contributed by atoms with Gasteiger partial charge in [0.15, 0.2) is 11.0 Å². The molecule has 0 aliphatic rings. The lowest BCUT2D eigenvalue weighted by Crippen LogP contribution is -2.03. The van der Waals surface area contributed by atoms with Gasteiger partial charge in [0.25, 0.3) is 0 Å². The average Bonchev–Trinajstić information content (AvgIpc) is 3.13. The van der Waals surface area contributed by atoms with E-state index in [1.165, 1.54) is 11.1 Å². The van der Waals surface area contributed by atoms with Crippen LogP contribution < -0.4 is 5.73 Å². The predicted molar refractivity (Wildman–Crippen MR) is 119 cm³/mol. The van der Waals surface area contributed by atoms with Gasteiger partial charge in [-0.15, -0.1) is 5.10 Å². The van der Waals surface area contributed by atoms with E-state index in [9.17, 15) is 0 Å². The van der Waals surface area contributed by atoms with E-state index < -0.39 is 0 Å². The minimum atomic E-state index is 0.692. The lowest BCUT2D eigenvalue weighted by atomic mass is 10.2. The van der Waals surface area contributed by atoms with Gasteiger partial charge in [-0.2, -0.15) is 0 Å². The van der Waals surface area contributed by atoms with Crippen molar-refractivity contribution < 1.29 is 0 Å². The monoisotopic (exact) mass is 404 g/mol. The van der Waals surface area contributed by atoms with Crippen molar-refractivity contribution in [2.45, 2.75) is 17.5 Å². The van der Waals surface area contributed by atoms with Crippen LogP contribution in [0.3, 0.4) is 0 Å². The molecule has 0 amide bonds. The zero-order chi connectivity index (χ0) is 19.2. The Hall–Kier alpha value is -2.70. The van der Waals surface area contributed by atoms with Crippen LogP contribution in [0, 0.1) is 0 Å². The highest BCUT2D eigenvalue weighted by molar-refractivity contribution is 8.76. The van der Waals surface area contributed by atoms with Gasteiger partial charge >= 0.3 is 0 Å². The minimum Gasteiger partial charge on any atom is -0.399 e. The Balaban J connectivity index is 1.56. The Morgan fingerprint density at radius 1 is 0.786 bits per heavy atom. The summed E-state index contributed by atoms with van der Waals surface area (Å²) in [4.78, 5) is 4.79. The maximum Gasteiger partial charge on any atom is 0.197 e. The third kappa shape index (κ3) is 4.77. The molecule has 2 N–H and O–H groups in total. The van der Waals surface area contributed by atoms with Crippen molar-refractivity contribution in [1.82, 2.24) is 14.8 Å². The van der Waals surface area contributed by atoms with Crippen LogP contribution in [-0.4, -0.2) is 14.8 Å². The lowest BCUT2D eigenvalue weighted by Gasteiger charge is -2.05. The molecule has 1 aromatic heterocycles. The molecule has 0 aliphatic carbocycles. The maximum absolute atomic E-state index is 5.81. The number of nitrogens with zero attached hydrogens (tertiary/aromatic N) is 3. The number of nitrogens with two attached hydrogens (primary N) is 1. The molecule has 0 atom stereocenters. The first kappa shape index (κ1) is 18.7. The summed E-state index contributed by atoms with van der Waals surface area (Å²) < 4.78 is 1.98. The normalized spacial score (nSPS) is 10.9. The molecule has 3 aromatic carbocycles. The topological polar surface area (TPSA) is 56.7 Å². The predicted octanol–water partition coefficient (Wildman–Crippen LogP) is 5.52. The molecule has 28 heavy (non-hydrogen) atoms. The number of nitrogen functional groups attached to an aromatic ring is 1. The van der Waals surface area contributed by atoms with Crippen molar-refractivity contribution in [1.29, 1.82) is 0 Å². The van der Waals surface area contributed by atoms with Crippen molar-refractivity contribution in [2.75, 3.05) is 5.73 Å². The van der Waals surface area contributed by atoms with E-state index >= 15 is 0 Å². The van der Waals surface area contributed by atoms with Gasteiger partial charge in [0, 0.05) is 17.0 Å². The van der Waals surface area contributed by atoms with Crippen molar-refractivity contribution in [3.63, 3.8) is 0 Å². The molecule has 140 valence electrons. The van der Waals surface area contributed by atoms with Gasteiger partial charge in [0.1, 0.15) is 0 Å². The number of hydrogen-bond acceptors (Lipinski definition) is 5. The van der Waals surface area contributed by atoms with Gasteiger partial charge in [-0.25, -0.2) is 9.67 Å². The lowest BCUT2D eigenvalue weighted by molar-refractivity contribution is 0.621. The Kier molecular flexibility index (Phi) is 5.99. The molecule has 0 unspecified atom stereocenters. The van der Waals surface area contributed by atoms with E-state index in [1.807, 2.05) is 53.2 Å². The number of hydrogen-bond donors (Lipinski definition) is 1. The zero-order valence-electron chi connectivity index (χ0n) is 15.2. The zero-order valence-corrected chi connectivity index (χ0v) is 16.9. The van der Waals surface area contributed by atoms with Crippen molar-refractivity contribution in [3.8, 4) is 11.4 Å². The van der Waals surface area contributed by atoms with Gasteiger partial charge in [-0.05, 0) is 46.2 Å². The van der Waals surface area contributed by atoms with Gasteiger partial charge in [0.2, 0.25) is 0 Å². The smallest absolute Gasteiger partial charge is 0.197 e. The SMILES string of the molecule is Nc1ccc(-c2nc(SSCc3ccccc3)n(Cc3ccccc3)n2)cc1. The number of anilines is 1. The maximum atomic E-state index is 5.81. The summed E-state index contributed by atoms with van der Waals surface area (Å²) >= 11 is 0. The summed E-state index contributed by atoms with van der Waals surface area (Å²) in [5.74, 6) is 1.64. The summed E-state index contributed by atoms with van der Waals surface area (Å²) in [6, 6.07) is 28.5. The first-order valence-corrected chi connectivity index (χ1v) is 11.3. The Labute approximate surface area is 172 Å². The van der Waals surface area contributed by atoms with E-state index in [2.05, 4.69) is 36.4 Å². The summed E-state index contributed by atoms with van der Waals surface area (Å²) in [7, 11) is 3.43. The van der Waals surface area contributed by atoms with Crippen LogP contribution in [-0.2, 0) is 12.3 Å². The van der Waals surface area contributed by atoms with Crippen LogP contribution in [0.5, 0.6) is 0 Å². The molecule has 4 rings (SSSR count). The van der Waals surface area contributed by atoms with Crippen LogP contribution in [0.15, 0.2) is 90.1 Å². The van der Waals surface area contributed by atoms with Crippen LogP contribution >= 0.6 is 21.6 Å². The van der Waals surface area contributed by atoms with Crippen LogP contribution in [0.25, 0.3) is 11.4 Å². The Morgan fingerprint density at radius 2 is 1.43 bits per heavy atom. The van der Waals surface area contributed by atoms with Gasteiger partial charge in [0.05, 0.1) is 6.54 Å². The molecule has 0 spiro atoms. The standard InChI is InChI=1S/C22H20N4S2/c23-20-13-11-19(12-14-20)21-24-22(28-27-16-18-9-5-2-6-10-18)26(25-21)15-17-7-3-1-4-8-17/h1-14H,15-16,23H2. The number of aromatic nitrogens is 3. The van der Waals surface area contributed by atoms with E-state index in [-0.39, 0.29) is 0 Å². The molecule has 0 bridgehead atoms. The summed E-state index contributed by atoms with van der Waals surface area (Å²) in [5, 5.41) is 5.66. The second-order valence-corrected chi connectivity index (χ2v) is 8.58. The Morgan fingerprint density at radius 3 is 2.11 bits per heavy atom. The quantitative estimate of drug-likeness (QED) is 0.325. The molecule has 0 saturated heterocycles. The second-order valence-electron chi connectivity index (χ2n) is 6.31. The summed E-state index contributed by atoms with van der Waals surface area (Å²) in [6.45, 7) is 0.692. The third-order valence-electron chi connectivity index (χ3n) is 4.18. The molecule has 4 nitrogen and oxygen atoms in total. The Bertz CT molecular complexity index is 1020.